The summed E-state index contributed by atoms with van der Waals surface area (Å²) in [6, 6.07) is 7.64. The van der Waals surface area contributed by atoms with Crippen LogP contribution in [0.25, 0.3) is 0 Å². The highest BCUT2D eigenvalue weighted by Gasteiger charge is 2.55. The van der Waals surface area contributed by atoms with Gasteiger partial charge in [-0.05, 0) is 74.3 Å². The summed E-state index contributed by atoms with van der Waals surface area (Å²) in [6.45, 7) is 7.02. The molecular weight excluding hydrogens is 414 g/mol. The van der Waals surface area contributed by atoms with Gasteiger partial charge in [0.25, 0.3) is 0 Å². The Morgan fingerprint density at radius 3 is 2.15 bits per heavy atom. The van der Waals surface area contributed by atoms with Crippen molar-refractivity contribution in [2.75, 3.05) is 38.2 Å². The van der Waals surface area contributed by atoms with Gasteiger partial charge >= 0.3 is 0 Å². The monoisotopic (exact) mass is 453 g/mol. The zero-order valence-electron chi connectivity index (χ0n) is 20.4. The van der Waals surface area contributed by atoms with Crippen molar-refractivity contribution in [3.05, 3.63) is 24.3 Å². The van der Waals surface area contributed by atoms with Gasteiger partial charge in [-0.3, -0.25) is 9.59 Å². The van der Waals surface area contributed by atoms with E-state index in [0.717, 1.165) is 61.5 Å². The maximum Gasteiger partial charge on any atom is 0.245 e. The Balaban J connectivity index is 1.22. The number of benzene rings is 1. The minimum absolute atomic E-state index is 0.0757. The zero-order valence-corrected chi connectivity index (χ0v) is 20.4. The van der Waals surface area contributed by atoms with Crippen LogP contribution in [0.3, 0.4) is 0 Å². The number of amides is 2. The highest BCUT2D eigenvalue weighted by molar-refractivity contribution is 5.90. The van der Waals surface area contributed by atoms with Crippen LogP contribution in [0, 0.1) is 29.1 Å². The van der Waals surface area contributed by atoms with Crippen molar-refractivity contribution in [1.82, 2.24) is 10.2 Å². The van der Waals surface area contributed by atoms with E-state index in [1.807, 2.05) is 23.1 Å². The lowest BCUT2D eigenvalue weighted by Gasteiger charge is -2.56. The van der Waals surface area contributed by atoms with Crippen LogP contribution in [0.1, 0.15) is 52.4 Å². The number of carbonyl (C=O) groups is 2. The Morgan fingerprint density at radius 1 is 1.00 bits per heavy atom. The predicted octanol–water partition coefficient (Wildman–Crippen LogP) is 3.70. The van der Waals surface area contributed by atoms with E-state index in [4.69, 9.17) is 4.74 Å². The highest BCUT2D eigenvalue weighted by Crippen LogP contribution is 2.60. The zero-order chi connectivity index (χ0) is 23.2. The van der Waals surface area contributed by atoms with Crippen LogP contribution in [0.5, 0.6) is 5.75 Å². The third kappa shape index (κ3) is 4.33. The summed E-state index contributed by atoms with van der Waals surface area (Å²) in [6.07, 6.45) is 7.04. The molecule has 33 heavy (non-hydrogen) atoms. The van der Waals surface area contributed by atoms with E-state index in [9.17, 15) is 9.59 Å². The van der Waals surface area contributed by atoms with E-state index in [2.05, 4.69) is 30.1 Å². The summed E-state index contributed by atoms with van der Waals surface area (Å²) in [4.78, 5) is 31.4. The van der Waals surface area contributed by atoms with Gasteiger partial charge < -0.3 is 19.9 Å². The molecule has 5 fully saturated rings. The molecular formula is C27H39N3O3. The Hall–Kier alpha value is -2.24. The molecule has 1 heterocycles. The summed E-state index contributed by atoms with van der Waals surface area (Å²) in [5.74, 6) is 3.32. The van der Waals surface area contributed by atoms with Crippen LogP contribution in [0.15, 0.2) is 24.3 Å². The van der Waals surface area contributed by atoms with Gasteiger partial charge in [-0.25, -0.2) is 0 Å². The van der Waals surface area contributed by atoms with E-state index >= 15 is 0 Å². The molecule has 4 bridgehead atoms. The largest absolute Gasteiger partial charge is 0.497 e. The Labute approximate surface area is 198 Å². The minimum atomic E-state index is -0.436. The Kier molecular flexibility index (Phi) is 6.04. The van der Waals surface area contributed by atoms with Crippen LogP contribution >= 0.6 is 0 Å². The molecule has 180 valence electrons. The lowest BCUT2D eigenvalue weighted by atomic mass is 9.49. The quantitative estimate of drug-likeness (QED) is 0.714. The van der Waals surface area contributed by atoms with Crippen LogP contribution < -0.4 is 15.0 Å². The molecule has 0 radical (unpaired) electrons. The molecule has 4 saturated carbocycles. The molecule has 1 atom stereocenters. The van der Waals surface area contributed by atoms with Gasteiger partial charge in [0.05, 0.1) is 7.11 Å². The number of ether oxygens (including phenoxy) is 1. The smallest absolute Gasteiger partial charge is 0.245 e. The van der Waals surface area contributed by atoms with Crippen LogP contribution in [0.4, 0.5) is 5.69 Å². The molecule has 1 aromatic carbocycles. The number of carbonyl (C=O) groups excluding carboxylic acids is 2. The third-order valence-electron chi connectivity index (χ3n) is 8.75. The number of hydrogen-bond acceptors (Lipinski definition) is 4. The van der Waals surface area contributed by atoms with E-state index in [1.165, 1.54) is 19.3 Å². The average molecular weight is 454 g/mol. The van der Waals surface area contributed by atoms with Gasteiger partial charge in [0.15, 0.2) is 0 Å². The van der Waals surface area contributed by atoms with E-state index in [-0.39, 0.29) is 23.1 Å². The van der Waals surface area contributed by atoms with Gasteiger partial charge in [0.2, 0.25) is 11.8 Å². The first kappa shape index (κ1) is 22.5. The first-order valence-electron chi connectivity index (χ1n) is 12.9. The molecule has 5 aliphatic rings. The van der Waals surface area contributed by atoms with Gasteiger partial charge in [0.1, 0.15) is 11.8 Å². The molecule has 1 saturated heterocycles. The third-order valence-corrected chi connectivity index (χ3v) is 8.75. The highest BCUT2D eigenvalue weighted by atomic mass is 16.5. The molecule has 2 amide bonds. The van der Waals surface area contributed by atoms with Crippen LogP contribution in [-0.2, 0) is 9.59 Å². The topological polar surface area (TPSA) is 61.9 Å². The Bertz CT molecular complexity index is 855. The summed E-state index contributed by atoms with van der Waals surface area (Å²) in [5, 5.41) is 3.27. The van der Waals surface area contributed by atoms with Crippen molar-refractivity contribution in [3.63, 3.8) is 0 Å². The van der Waals surface area contributed by atoms with Crippen molar-refractivity contribution in [2.45, 2.75) is 58.4 Å². The molecule has 1 N–H and O–H groups in total. The summed E-state index contributed by atoms with van der Waals surface area (Å²) in [7, 11) is 1.68. The molecule has 1 aliphatic heterocycles. The fourth-order valence-electron chi connectivity index (χ4n) is 7.39. The molecule has 4 aliphatic carbocycles. The van der Waals surface area contributed by atoms with Crippen molar-refractivity contribution < 1.29 is 14.3 Å². The lowest BCUT2D eigenvalue weighted by Crippen LogP contribution is -2.60. The summed E-state index contributed by atoms with van der Waals surface area (Å²) >= 11 is 0. The second-order valence-corrected chi connectivity index (χ2v) is 11.4. The number of rotatable bonds is 6. The Morgan fingerprint density at radius 2 is 1.61 bits per heavy atom. The van der Waals surface area contributed by atoms with Gasteiger partial charge in [-0.2, -0.15) is 0 Å². The fourth-order valence-corrected chi connectivity index (χ4v) is 7.39. The molecule has 0 aromatic heterocycles. The average Bonchev–Trinajstić information content (AvgIpc) is 2.81. The van der Waals surface area contributed by atoms with E-state index in [0.29, 0.717) is 13.1 Å². The molecule has 6 rings (SSSR count). The first-order chi connectivity index (χ1) is 15.9. The SMILES string of the molecule is COc1cccc(N2CCN(C(=O)C(NC(=O)C34CC5CC(CC(C5)C3)C4)C(C)C)CC2)c1. The number of piperazine rings is 1. The molecule has 1 aromatic rings. The number of hydrogen-bond donors (Lipinski definition) is 1. The lowest BCUT2D eigenvalue weighted by molar-refractivity contribution is -0.150. The summed E-state index contributed by atoms with van der Waals surface area (Å²) in [5.41, 5.74) is 0.907. The number of anilines is 1. The predicted molar refractivity (Wildman–Crippen MR) is 129 cm³/mol. The maximum atomic E-state index is 13.6. The molecule has 1 unspecified atom stereocenters. The standard InChI is InChI=1S/C27H39N3O3/c1-18(2)24(28-26(32)27-15-19-11-20(16-27)13-21(12-19)17-27)25(31)30-9-7-29(8-10-30)22-5-4-6-23(14-22)33-3/h4-6,14,18-21,24H,7-13,15-17H2,1-3H3,(H,28,32). The van der Waals surface area contributed by atoms with E-state index < -0.39 is 6.04 Å². The normalized spacial score (nSPS) is 31.6. The molecule has 6 heteroatoms. The minimum Gasteiger partial charge on any atom is -0.497 e. The van der Waals surface area contributed by atoms with Gasteiger partial charge in [-0.1, -0.05) is 19.9 Å². The van der Waals surface area contributed by atoms with Crippen molar-refractivity contribution in [1.29, 1.82) is 0 Å². The van der Waals surface area contributed by atoms with Crippen molar-refractivity contribution >= 4 is 17.5 Å². The number of nitrogens with one attached hydrogen (secondary N) is 1. The van der Waals surface area contributed by atoms with Crippen LogP contribution in [-0.4, -0.2) is 56.0 Å². The first-order valence-corrected chi connectivity index (χ1v) is 12.9. The summed E-state index contributed by atoms with van der Waals surface area (Å²) < 4.78 is 5.36. The van der Waals surface area contributed by atoms with E-state index in [1.54, 1.807) is 7.11 Å². The second-order valence-electron chi connectivity index (χ2n) is 11.4. The molecule has 0 spiro atoms. The molecule has 6 nitrogen and oxygen atoms in total. The fraction of sp³-hybridized carbons (Fsp3) is 0.704. The van der Waals surface area contributed by atoms with Gasteiger partial charge in [0, 0.05) is 43.3 Å². The van der Waals surface area contributed by atoms with Crippen molar-refractivity contribution in [3.8, 4) is 5.75 Å². The van der Waals surface area contributed by atoms with Crippen molar-refractivity contribution in [2.24, 2.45) is 29.1 Å². The van der Waals surface area contributed by atoms with Crippen LogP contribution in [0.2, 0.25) is 0 Å². The number of nitrogens with zero attached hydrogens (tertiary/aromatic N) is 2. The second kappa shape index (κ2) is 8.84. The number of methoxy groups -OCH3 is 1. The maximum absolute atomic E-state index is 13.6. The van der Waals surface area contributed by atoms with Gasteiger partial charge in [-0.15, -0.1) is 0 Å².